The van der Waals surface area contributed by atoms with Gasteiger partial charge in [-0.25, -0.2) is 8.42 Å². The molecule has 1 saturated carbocycles. The Hall–Kier alpha value is -1.15. The van der Waals surface area contributed by atoms with Crippen LogP contribution >= 0.6 is 11.6 Å². The Kier molecular flexibility index (Phi) is 6.22. The van der Waals surface area contributed by atoms with E-state index in [2.05, 4.69) is 12.2 Å². The Bertz CT molecular complexity index is 762. The highest BCUT2D eigenvalue weighted by atomic mass is 35.5. The number of halogens is 1. The van der Waals surface area contributed by atoms with E-state index >= 15 is 0 Å². The summed E-state index contributed by atoms with van der Waals surface area (Å²) in [7, 11) is -3.66. The molecule has 6 nitrogen and oxygen atoms in total. The molecule has 2 aliphatic rings. The number of nitrogens with one attached hydrogen (secondary N) is 1. The second-order valence-corrected chi connectivity index (χ2v) is 9.34. The van der Waals surface area contributed by atoms with Gasteiger partial charge < -0.3 is 10.1 Å². The molecule has 1 amide bonds. The molecule has 1 saturated heterocycles. The molecular weight excluding hydrogens is 376 g/mol. The third-order valence-electron chi connectivity index (χ3n) is 5.22. The van der Waals surface area contributed by atoms with Crippen molar-refractivity contribution in [2.24, 2.45) is 5.92 Å². The van der Waals surface area contributed by atoms with Crippen molar-refractivity contribution >= 4 is 27.5 Å². The van der Waals surface area contributed by atoms with Crippen LogP contribution in [0.2, 0.25) is 5.02 Å². The first-order chi connectivity index (χ1) is 12.4. The molecule has 1 N–H and O–H groups in total. The summed E-state index contributed by atoms with van der Waals surface area (Å²) in [6, 6.07) is 4.42. The quantitative estimate of drug-likeness (QED) is 0.843. The monoisotopic (exact) mass is 400 g/mol. The standard InChI is InChI=1S/C18H25ClN2O4S/c1-13-4-2-3-5-17(13)20-18(22)15-12-14(6-7-16(15)19)26(23,24)21-8-10-25-11-9-21/h6-7,12-13,17H,2-5,8-11H2,1H3,(H,20,22)/t13-,17+/m1/s1. The molecule has 26 heavy (non-hydrogen) atoms. The van der Waals surface area contributed by atoms with E-state index in [0.29, 0.717) is 32.2 Å². The first kappa shape index (κ1) is 19.6. The van der Waals surface area contributed by atoms with Crippen LogP contribution in [0.1, 0.15) is 43.0 Å². The van der Waals surface area contributed by atoms with Crippen LogP contribution in [0.4, 0.5) is 0 Å². The molecule has 144 valence electrons. The van der Waals surface area contributed by atoms with E-state index in [4.69, 9.17) is 16.3 Å². The van der Waals surface area contributed by atoms with Gasteiger partial charge in [-0.15, -0.1) is 0 Å². The number of benzene rings is 1. The van der Waals surface area contributed by atoms with E-state index in [0.717, 1.165) is 19.3 Å². The number of carbonyl (C=O) groups is 1. The Morgan fingerprint density at radius 3 is 2.62 bits per heavy atom. The zero-order valence-electron chi connectivity index (χ0n) is 14.9. The summed E-state index contributed by atoms with van der Waals surface area (Å²) < 4.78 is 32.2. The van der Waals surface area contributed by atoms with Gasteiger partial charge in [0.2, 0.25) is 10.0 Å². The molecule has 2 fully saturated rings. The Labute approximate surface area is 159 Å². The van der Waals surface area contributed by atoms with Crippen LogP contribution in [-0.4, -0.2) is 51.0 Å². The van der Waals surface area contributed by atoms with Crippen LogP contribution in [0.25, 0.3) is 0 Å². The number of rotatable bonds is 4. The Morgan fingerprint density at radius 2 is 1.92 bits per heavy atom. The van der Waals surface area contributed by atoms with E-state index in [9.17, 15) is 13.2 Å². The minimum atomic E-state index is -3.66. The summed E-state index contributed by atoms with van der Waals surface area (Å²) in [5.74, 6) is 0.0968. The van der Waals surface area contributed by atoms with Gasteiger partial charge in [-0.2, -0.15) is 4.31 Å². The number of carbonyl (C=O) groups excluding carboxylic acids is 1. The lowest BCUT2D eigenvalue weighted by molar-refractivity contribution is 0.0730. The molecule has 1 aromatic rings. The number of sulfonamides is 1. The van der Waals surface area contributed by atoms with Crippen LogP contribution in [0.5, 0.6) is 0 Å². The molecule has 1 aromatic carbocycles. The van der Waals surface area contributed by atoms with Crippen LogP contribution in [0.15, 0.2) is 23.1 Å². The van der Waals surface area contributed by atoms with E-state index in [1.807, 2.05) is 0 Å². The summed E-state index contributed by atoms with van der Waals surface area (Å²) in [6.45, 7) is 3.50. The predicted octanol–water partition coefficient (Wildman–Crippen LogP) is 2.67. The summed E-state index contributed by atoms with van der Waals surface area (Å²) in [5, 5.41) is 3.29. The summed E-state index contributed by atoms with van der Waals surface area (Å²) in [4.78, 5) is 12.8. The smallest absolute Gasteiger partial charge is 0.253 e. The topological polar surface area (TPSA) is 75.7 Å². The summed E-state index contributed by atoms with van der Waals surface area (Å²) in [6.07, 6.45) is 4.30. The van der Waals surface area contributed by atoms with Gasteiger partial charge in [0.05, 0.1) is 28.7 Å². The average molecular weight is 401 g/mol. The third kappa shape index (κ3) is 4.22. The van der Waals surface area contributed by atoms with Gasteiger partial charge in [0.15, 0.2) is 0 Å². The van der Waals surface area contributed by atoms with E-state index in [1.165, 1.54) is 28.9 Å². The van der Waals surface area contributed by atoms with Gasteiger partial charge in [0.1, 0.15) is 0 Å². The number of morpholine rings is 1. The van der Waals surface area contributed by atoms with Gasteiger partial charge in [0.25, 0.3) is 5.91 Å². The van der Waals surface area contributed by atoms with Gasteiger partial charge in [-0.05, 0) is 37.0 Å². The van der Waals surface area contributed by atoms with Gasteiger partial charge in [-0.3, -0.25) is 4.79 Å². The maximum absolute atomic E-state index is 12.8. The van der Waals surface area contributed by atoms with Crippen molar-refractivity contribution in [1.29, 1.82) is 0 Å². The highest BCUT2D eigenvalue weighted by Crippen LogP contribution is 2.26. The fourth-order valence-corrected chi connectivity index (χ4v) is 5.19. The Balaban J connectivity index is 1.81. The normalized spacial score (nSPS) is 25.0. The van der Waals surface area contributed by atoms with Crippen LogP contribution in [-0.2, 0) is 14.8 Å². The maximum Gasteiger partial charge on any atom is 0.253 e. The van der Waals surface area contributed by atoms with Crippen molar-refractivity contribution < 1.29 is 17.9 Å². The summed E-state index contributed by atoms with van der Waals surface area (Å²) in [5.41, 5.74) is 0.207. The second-order valence-electron chi connectivity index (χ2n) is 7.00. The zero-order valence-corrected chi connectivity index (χ0v) is 16.5. The molecule has 3 rings (SSSR count). The van der Waals surface area contributed by atoms with Crippen molar-refractivity contribution in [2.45, 2.75) is 43.5 Å². The van der Waals surface area contributed by atoms with Crippen LogP contribution in [0.3, 0.4) is 0 Å². The molecule has 0 unspecified atom stereocenters. The molecule has 0 spiro atoms. The second kappa shape index (κ2) is 8.25. The third-order valence-corrected chi connectivity index (χ3v) is 7.44. The zero-order chi connectivity index (χ0) is 18.7. The van der Waals surface area contributed by atoms with Crippen molar-refractivity contribution in [3.63, 3.8) is 0 Å². The first-order valence-electron chi connectivity index (χ1n) is 9.08. The minimum absolute atomic E-state index is 0.0886. The van der Waals surface area contributed by atoms with E-state index < -0.39 is 10.0 Å². The molecule has 1 aliphatic carbocycles. The number of hydrogen-bond acceptors (Lipinski definition) is 4. The molecule has 2 atom stereocenters. The fraction of sp³-hybridized carbons (Fsp3) is 0.611. The average Bonchev–Trinajstić information content (AvgIpc) is 2.64. The molecule has 0 aromatic heterocycles. The molecule has 1 aliphatic heterocycles. The van der Waals surface area contributed by atoms with Gasteiger partial charge in [-0.1, -0.05) is 31.4 Å². The molecule has 1 heterocycles. The largest absolute Gasteiger partial charge is 0.379 e. The lowest BCUT2D eigenvalue weighted by Gasteiger charge is -2.29. The van der Waals surface area contributed by atoms with Crippen LogP contribution in [0, 0.1) is 5.92 Å². The molecular formula is C18H25ClN2O4S. The van der Waals surface area contributed by atoms with E-state index in [1.54, 1.807) is 0 Å². The van der Waals surface area contributed by atoms with Gasteiger partial charge >= 0.3 is 0 Å². The number of hydrogen-bond donors (Lipinski definition) is 1. The summed E-state index contributed by atoms with van der Waals surface area (Å²) >= 11 is 6.19. The first-order valence-corrected chi connectivity index (χ1v) is 10.9. The van der Waals surface area contributed by atoms with Crippen molar-refractivity contribution in [2.75, 3.05) is 26.3 Å². The van der Waals surface area contributed by atoms with Crippen molar-refractivity contribution in [3.05, 3.63) is 28.8 Å². The minimum Gasteiger partial charge on any atom is -0.379 e. The lowest BCUT2D eigenvalue weighted by atomic mass is 9.86. The van der Waals surface area contributed by atoms with Crippen molar-refractivity contribution in [3.8, 4) is 0 Å². The highest BCUT2D eigenvalue weighted by Gasteiger charge is 2.29. The number of amides is 1. The highest BCUT2D eigenvalue weighted by molar-refractivity contribution is 7.89. The molecule has 0 radical (unpaired) electrons. The van der Waals surface area contributed by atoms with Gasteiger partial charge in [0, 0.05) is 19.1 Å². The van der Waals surface area contributed by atoms with Crippen LogP contribution < -0.4 is 5.32 Å². The van der Waals surface area contributed by atoms with E-state index in [-0.39, 0.29) is 27.4 Å². The predicted molar refractivity (Wildman–Crippen MR) is 99.9 cm³/mol. The Morgan fingerprint density at radius 1 is 1.23 bits per heavy atom. The number of nitrogens with zero attached hydrogens (tertiary/aromatic N) is 1. The molecule has 0 bridgehead atoms. The fourth-order valence-electron chi connectivity index (χ4n) is 3.55. The number of ether oxygens (including phenoxy) is 1. The van der Waals surface area contributed by atoms with Crippen molar-refractivity contribution in [1.82, 2.24) is 9.62 Å². The SMILES string of the molecule is C[C@@H]1CCCC[C@@H]1NC(=O)c1cc(S(=O)(=O)N2CCOCC2)ccc1Cl. The maximum atomic E-state index is 12.8. The lowest BCUT2D eigenvalue weighted by Crippen LogP contribution is -2.41. The molecule has 8 heteroatoms.